The topological polar surface area (TPSA) is 27.0 Å². The summed E-state index contributed by atoms with van der Waals surface area (Å²) in [4.78, 5) is 2.60. The molecule has 1 aliphatic carbocycles. The molecule has 17 heavy (non-hydrogen) atoms. The first kappa shape index (κ1) is 12.5. The van der Waals surface area contributed by atoms with Crippen LogP contribution in [0.15, 0.2) is 11.3 Å². The molecule has 2 nitrogen and oxygen atoms in total. The van der Waals surface area contributed by atoms with E-state index in [1.165, 1.54) is 58.0 Å². The number of allylic oxidation sites excluding steroid dienone is 2. The van der Waals surface area contributed by atoms with Gasteiger partial charge in [-0.15, -0.1) is 0 Å². The summed E-state index contributed by atoms with van der Waals surface area (Å²) in [6.45, 7) is 4.55. The summed E-state index contributed by atoms with van der Waals surface area (Å²) >= 11 is 0. The van der Waals surface area contributed by atoms with Crippen LogP contribution in [-0.2, 0) is 0 Å². The van der Waals surface area contributed by atoms with Crippen LogP contribution in [0, 0.1) is 17.2 Å². The van der Waals surface area contributed by atoms with Gasteiger partial charge < -0.3 is 4.90 Å². The fourth-order valence-electron chi connectivity index (χ4n) is 3.13. The second-order valence-corrected chi connectivity index (χ2v) is 5.54. The van der Waals surface area contributed by atoms with Crippen LogP contribution in [0.25, 0.3) is 0 Å². The van der Waals surface area contributed by atoms with Crippen molar-refractivity contribution in [3.63, 3.8) is 0 Å². The monoisotopic (exact) mass is 232 g/mol. The fraction of sp³-hybridized carbons (Fsp3) is 0.800. The zero-order valence-electron chi connectivity index (χ0n) is 11.0. The van der Waals surface area contributed by atoms with Gasteiger partial charge in [-0.2, -0.15) is 5.26 Å². The SMILES string of the molecule is C[C@H](C#N)CC1=C(N2CCCC2)CCCCC1. The van der Waals surface area contributed by atoms with Gasteiger partial charge in [0.15, 0.2) is 0 Å². The van der Waals surface area contributed by atoms with Crippen molar-refractivity contribution in [2.75, 3.05) is 13.1 Å². The average Bonchev–Trinajstić information content (AvgIpc) is 2.77. The third-order valence-corrected chi connectivity index (χ3v) is 4.06. The summed E-state index contributed by atoms with van der Waals surface area (Å²) < 4.78 is 0. The number of hydrogen-bond donors (Lipinski definition) is 0. The highest BCUT2D eigenvalue weighted by Crippen LogP contribution is 2.32. The van der Waals surface area contributed by atoms with Crippen LogP contribution < -0.4 is 0 Å². The Kier molecular flexibility index (Phi) is 4.48. The minimum atomic E-state index is 0.181. The highest BCUT2D eigenvalue weighted by molar-refractivity contribution is 5.17. The molecule has 0 aromatic heterocycles. The lowest BCUT2D eigenvalue weighted by Gasteiger charge is -2.25. The van der Waals surface area contributed by atoms with Crippen molar-refractivity contribution in [1.29, 1.82) is 5.26 Å². The number of likely N-dealkylation sites (tertiary alicyclic amines) is 1. The number of hydrogen-bond acceptors (Lipinski definition) is 2. The van der Waals surface area contributed by atoms with E-state index < -0.39 is 0 Å². The van der Waals surface area contributed by atoms with E-state index in [-0.39, 0.29) is 5.92 Å². The smallest absolute Gasteiger partial charge is 0.0656 e. The maximum atomic E-state index is 9.00. The minimum Gasteiger partial charge on any atom is -0.375 e. The zero-order valence-corrected chi connectivity index (χ0v) is 11.0. The van der Waals surface area contributed by atoms with Crippen molar-refractivity contribution >= 4 is 0 Å². The van der Waals surface area contributed by atoms with E-state index in [0.717, 1.165) is 6.42 Å². The predicted molar refractivity (Wildman–Crippen MR) is 70.3 cm³/mol. The van der Waals surface area contributed by atoms with Gasteiger partial charge in [0.25, 0.3) is 0 Å². The molecule has 0 unspecified atom stereocenters. The van der Waals surface area contributed by atoms with Crippen LogP contribution in [-0.4, -0.2) is 18.0 Å². The van der Waals surface area contributed by atoms with Crippen LogP contribution in [0.4, 0.5) is 0 Å². The average molecular weight is 232 g/mol. The Bertz CT molecular complexity index is 318. The van der Waals surface area contributed by atoms with Gasteiger partial charge in [0.05, 0.1) is 6.07 Å². The Labute approximate surface area is 105 Å². The third kappa shape index (κ3) is 3.25. The standard InChI is InChI=1S/C15H24N2/c1-13(12-16)11-14-7-3-2-4-8-15(14)17-9-5-6-10-17/h13H,2-11H2,1H3/t13-/m0/s1. The Hall–Kier alpha value is -0.970. The first-order chi connectivity index (χ1) is 8.31. The van der Waals surface area contributed by atoms with Crippen LogP contribution in [0.2, 0.25) is 0 Å². The first-order valence-electron chi connectivity index (χ1n) is 7.16. The molecule has 1 heterocycles. The van der Waals surface area contributed by atoms with Crippen LogP contribution in [0.1, 0.15) is 58.3 Å². The van der Waals surface area contributed by atoms with Crippen molar-refractivity contribution in [3.8, 4) is 6.07 Å². The summed E-state index contributed by atoms with van der Waals surface area (Å²) in [5, 5.41) is 9.00. The van der Waals surface area contributed by atoms with Gasteiger partial charge in [0.2, 0.25) is 0 Å². The van der Waals surface area contributed by atoms with Crippen molar-refractivity contribution in [2.45, 2.75) is 58.3 Å². The second kappa shape index (κ2) is 6.10. The van der Waals surface area contributed by atoms with Gasteiger partial charge in [-0.1, -0.05) is 6.42 Å². The second-order valence-electron chi connectivity index (χ2n) is 5.54. The Morgan fingerprint density at radius 1 is 1.12 bits per heavy atom. The molecular weight excluding hydrogens is 208 g/mol. The Morgan fingerprint density at radius 2 is 1.82 bits per heavy atom. The van der Waals surface area contributed by atoms with Crippen molar-refractivity contribution in [2.24, 2.45) is 5.92 Å². The van der Waals surface area contributed by atoms with E-state index in [2.05, 4.69) is 17.9 Å². The molecule has 1 aliphatic heterocycles. The molecular formula is C15H24N2. The Balaban J connectivity index is 2.14. The molecule has 94 valence electrons. The zero-order chi connectivity index (χ0) is 12.1. The summed E-state index contributed by atoms with van der Waals surface area (Å²) in [6, 6.07) is 2.39. The largest absolute Gasteiger partial charge is 0.375 e. The molecule has 0 bridgehead atoms. The van der Waals surface area contributed by atoms with E-state index in [9.17, 15) is 0 Å². The van der Waals surface area contributed by atoms with E-state index in [1.54, 1.807) is 11.3 Å². The molecule has 0 saturated carbocycles. The number of rotatable bonds is 3. The van der Waals surface area contributed by atoms with Crippen molar-refractivity contribution < 1.29 is 0 Å². The Morgan fingerprint density at radius 3 is 2.53 bits per heavy atom. The minimum absolute atomic E-state index is 0.181. The lowest BCUT2D eigenvalue weighted by molar-refractivity contribution is 0.398. The molecule has 2 rings (SSSR count). The molecule has 0 N–H and O–H groups in total. The summed E-state index contributed by atoms with van der Waals surface area (Å²) in [7, 11) is 0. The summed E-state index contributed by atoms with van der Waals surface area (Å²) in [5.74, 6) is 0.181. The normalized spacial score (nSPS) is 23.4. The quantitative estimate of drug-likeness (QED) is 0.739. The van der Waals surface area contributed by atoms with Gasteiger partial charge in [-0.3, -0.25) is 0 Å². The molecule has 0 aromatic rings. The van der Waals surface area contributed by atoms with Gasteiger partial charge in [-0.25, -0.2) is 0 Å². The maximum absolute atomic E-state index is 9.00. The molecule has 0 aromatic carbocycles. The van der Waals surface area contributed by atoms with E-state index >= 15 is 0 Å². The van der Waals surface area contributed by atoms with E-state index in [0.29, 0.717) is 0 Å². The molecule has 1 fully saturated rings. The molecule has 2 heteroatoms. The van der Waals surface area contributed by atoms with Crippen LogP contribution in [0.5, 0.6) is 0 Å². The fourth-order valence-corrected chi connectivity index (χ4v) is 3.13. The molecule has 1 atom stereocenters. The third-order valence-electron chi connectivity index (χ3n) is 4.06. The number of nitrogens with zero attached hydrogens (tertiary/aromatic N) is 2. The summed E-state index contributed by atoms with van der Waals surface area (Å²) in [5.41, 5.74) is 3.21. The molecule has 1 saturated heterocycles. The molecule has 0 radical (unpaired) electrons. The van der Waals surface area contributed by atoms with E-state index in [4.69, 9.17) is 5.26 Å². The van der Waals surface area contributed by atoms with Crippen LogP contribution >= 0.6 is 0 Å². The van der Waals surface area contributed by atoms with E-state index in [1.807, 2.05) is 0 Å². The van der Waals surface area contributed by atoms with Crippen molar-refractivity contribution in [1.82, 2.24) is 4.90 Å². The lowest BCUT2D eigenvalue weighted by atomic mass is 9.97. The van der Waals surface area contributed by atoms with Gasteiger partial charge >= 0.3 is 0 Å². The van der Waals surface area contributed by atoms with Crippen molar-refractivity contribution in [3.05, 3.63) is 11.3 Å². The predicted octanol–water partition coefficient (Wildman–Crippen LogP) is 3.85. The number of nitriles is 1. The highest BCUT2D eigenvalue weighted by Gasteiger charge is 2.21. The van der Waals surface area contributed by atoms with Gasteiger partial charge in [-0.05, 0) is 57.4 Å². The van der Waals surface area contributed by atoms with Crippen LogP contribution in [0.3, 0.4) is 0 Å². The molecule has 0 amide bonds. The lowest BCUT2D eigenvalue weighted by Crippen LogP contribution is -2.20. The highest BCUT2D eigenvalue weighted by atomic mass is 15.1. The summed E-state index contributed by atoms with van der Waals surface area (Å²) in [6.07, 6.45) is 10.2. The molecule has 0 spiro atoms. The molecule has 2 aliphatic rings. The van der Waals surface area contributed by atoms with Gasteiger partial charge in [0, 0.05) is 24.7 Å². The maximum Gasteiger partial charge on any atom is 0.0656 e. The van der Waals surface area contributed by atoms with Gasteiger partial charge in [0.1, 0.15) is 0 Å². The first-order valence-corrected chi connectivity index (χ1v) is 7.16.